The van der Waals surface area contributed by atoms with Gasteiger partial charge in [-0.15, -0.1) is 0 Å². The van der Waals surface area contributed by atoms with E-state index in [9.17, 15) is 98.1 Å². The fraction of sp³-hybridized carbons (Fsp3) is 0.549. The highest BCUT2D eigenvalue weighted by atomic mass is 16.4. The second-order valence-electron chi connectivity index (χ2n) is 29.3. The maximum absolute atomic E-state index is 14.0. The third kappa shape index (κ3) is 26.0. The lowest BCUT2D eigenvalue weighted by molar-refractivity contribution is -0.143. The van der Waals surface area contributed by atoms with Crippen molar-refractivity contribution < 1.29 is 98.1 Å². The summed E-state index contributed by atoms with van der Waals surface area (Å²) < 4.78 is 0. The smallest absolute Gasteiger partial charge is 0.326 e. The standard InChI is InChI=1S/C42H58N4O11.C40H56N4O9/c1-6-7-8-9-10-11-12-13-37(52)45(4)32(24-47)41(55)43-26(3)33(48)18-19-38(53)46(5)39-28-15-17-35(50)30(23-28)29-21-27(14-16-34(29)49)22-31(42(56)57)44-40(54)25(2)20-36(39)51;1-7-8-9-10-11-12-36(50)43(5)31(23-45)40(53)42-26(4)32(46)17-18-37(51)44(6)38-28-14-16-34(48)30(22-28)29-21-27(13-15-33(29)47)20-25(3)41-39(52)24(2)19-35(38)49/h14-17,21,23,25-26,31-32,39,47,49-50H,6-13,18-20,22,24H2,1-5H3,(H,43,55)(H,44,54)(H,56,57);13-16,21-22,24-26,31,38,45,47-48H,7-12,17-20,23H2,1-6H3,(H,41,52)(H,42,53)/t25-,26-,31+,32-,39+;24-,25-,26-,31-,38+/m11/s1. The minimum atomic E-state index is -1.36. The molecule has 0 spiro atoms. The molecular weight excluding hydrogens is 1420 g/mol. The van der Waals surface area contributed by atoms with Gasteiger partial charge in [0, 0.05) is 126 Å². The topological polar surface area (TPSA) is 425 Å². The van der Waals surface area contributed by atoms with Crippen molar-refractivity contribution in [3.63, 3.8) is 0 Å². The zero-order valence-electron chi connectivity index (χ0n) is 65.4. The van der Waals surface area contributed by atoms with Crippen molar-refractivity contribution in [1.82, 2.24) is 40.9 Å². The number of rotatable bonds is 33. The summed E-state index contributed by atoms with van der Waals surface area (Å²) in [6.07, 6.45) is 10.8. The molecule has 0 unspecified atom stereocenters. The molecule has 2 heterocycles. The van der Waals surface area contributed by atoms with Crippen LogP contribution >= 0.6 is 0 Å². The van der Waals surface area contributed by atoms with Gasteiger partial charge in [-0.05, 0) is 111 Å². The number of hydrogen-bond acceptors (Lipinski definition) is 19. The summed E-state index contributed by atoms with van der Waals surface area (Å²) in [5.41, 5.74) is 2.62. The van der Waals surface area contributed by atoms with Gasteiger partial charge in [0.1, 0.15) is 53.2 Å². The van der Waals surface area contributed by atoms with Gasteiger partial charge in [0.05, 0.1) is 25.3 Å². The second kappa shape index (κ2) is 43.9. The number of carbonyl (C=O) groups is 13. The van der Waals surface area contributed by atoms with Gasteiger partial charge in [0.2, 0.25) is 47.3 Å². The van der Waals surface area contributed by atoms with E-state index in [2.05, 4.69) is 35.1 Å². The molecule has 110 heavy (non-hydrogen) atoms. The zero-order chi connectivity index (χ0) is 81.8. The van der Waals surface area contributed by atoms with Crippen LogP contribution in [0, 0.1) is 11.8 Å². The molecule has 2 aliphatic heterocycles. The molecule has 8 bridgehead atoms. The van der Waals surface area contributed by atoms with E-state index in [4.69, 9.17) is 0 Å². The first-order valence-electron chi connectivity index (χ1n) is 38.2. The SMILES string of the molecule is CCCCCCCC(=O)N(C)[C@H](CO)C(=O)N[C@H](C)C(=O)CCC(=O)N(C)[C@@H]1C(=O)C[C@@H](C)C(=O)N[C@H](C)Cc2ccc(O)c(c2)-c2cc1ccc2O.CCCCCCCCCC(=O)N(C)[C@H](CO)C(=O)N[C@H](C)C(=O)CCC(=O)N(C)[C@@H]1C(=O)C[C@@H](C)C(=O)N[C@H](C(=O)O)Cc2ccc(O)c(c2)-c2cc1ccc2O. The number of likely N-dealkylation sites (N-methyl/N-ethyl adjacent to an activating group) is 4. The van der Waals surface area contributed by atoms with Crippen LogP contribution in [0.15, 0.2) is 72.8 Å². The summed E-state index contributed by atoms with van der Waals surface area (Å²) in [5, 5.41) is 83.3. The van der Waals surface area contributed by atoms with Gasteiger partial charge >= 0.3 is 5.97 Å². The van der Waals surface area contributed by atoms with Gasteiger partial charge in [-0.25, -0.2) is 4.79 Å². The molecule has 0 saturated carbocycles. The van der Waals surface area contributed by atoms with Crippen LogP contribution in [0.3, 0.4) is 0 Å². The number of aliphatic hydroxyl groups is 2. The second-order valence-corrected chi connectivity index (χ2v) is 29.3. The quantitative estimate of drug-likeness (QED) is 0.0203. The van der Waals surface area contributed by atoms with E-state index in [0.717, 1.165) is 68.3 Å². The summed E-state index contributed by atoms with van der Waals surface area (Å²) >= 11 is 0. The molecule has 11 N–H and O–H groups in total. The van der Waals surface area contributed by atoms with Crippen LogP contribution in [0.4, 0.5) is 0 Å². The maximum Gasteiger partial charge on any atom is 0.326 e. The first kappa shape index (κ1) is 90.5. The molecule has 0 aliphatic carbocycles. The number of fused-ring (bicyclic) bond motifs is 10. The number of benzene rings is 4. The molecule has 28 nitrogen and oxygen atoms in total. The summed E-state index contributed by atoms with van der Waals surface area (Å²) in [6.45, 7) is 10.7. The Morgan fingerprint density at radius 1 is 0.445 bits per heavy atom. The number of carboxylic acid groups (broad SMARTS) is 1. The number of nitrogens with one attached hydrogen (secondary N) is 4. The summed E-state index contributed by atoms with van der Waals surface area (Å²) in [6, 6.07) is 9.11. The molecule has 0 saturated heterocycles. The summed E-state index contributed by atoms with van der Waals surface area (Å²) in [5.74, 6) is -10.0. The van der Waals surface area contributed by atoms with Crippen molar-refractivity contribution in [3.05, 3.63) is 95.1 Å². The Kier molecular flexibility index (Phi) is 36.2. The molecule has 8 amide bonds. The van der Waals surface area contributed by atoms with Gasteiger partial charge < -0.3 is 76.6 Å². The molecule has 10 atom stereocenters. The lowest BCUT2D eigenvalue weighted by atomic mass is 9.89. The van der Waals surface area contributed by atoms with E-state index in [-0.39, 0.29) is 120 Å². The molecule has 0 fully saturated rings. The van der Waals surface area contributed by atoms with Crippen LogP contribution in [-0.2, 0) is 75.2 Å². The molecule has 4 aromatic carbocycles. The lowest BCUT2D eigenvalue weighted by Crippen LogP contribution is -2.53. The molecule has 4 aromatic rings. The van der Waals surface area contributed by atoms with Crippen molar-refractivity contribution in [1.29, 1.82) is 0 Å². The number of carboxylic acids is 1. The molecule has 2 aliphatic rings. The van der Waals surface area contributed by atoms with E-state index in [0.29, 0.717) is 36.0 Å². The minimum absolute atomic E-state index is 0.105. The van der Waals surface area contributed by atoms with Gasteiger partial charge in [0.25, 0.3) is 0 Å². The number of carbonyl (C=O) groups excluding carboxylic acids is 12. The van der Waals surface area contributed by atoms with Crippen LogP contribution in [0.2, 0.25) is 0 Å². The normalized spacial score (nSPS) is 18.3. The van der Waals surface area contributed by atoms with E-state index < -0.39 is 132 Å². The average molecular weight is 1530 g/mol. The van der Waals surface area contributed by atoms with Gasteiger partial charge in [-0.2, -0.15) is 0 Å². The average Bonchev–Trinajstić information content (AvgIpc) is 0.791. The number of aromatic hydroxyl groups is 4. The first-order valence-corrected chi connectivity index (χ1v) is 38.2. The first-order chi connectivity index (χ1) is 52.1. The zero-order valence-corrected chi connectivity index (χ0v) is 65.4. The number of aliphatic hydroxyl groups excluding tert-OH is 2. The van der Waals surface area contributed by atoms with Crippen LogP contribution in [0.5, 0.6) is 23.0 Å². The highest BCUT2D eigenvalue weighted by Crippen LogP contribution is 2.41. The molecular formula is C82H114N8O20. The van der Waals surface area contributed by atoms with Crippen molar-refractivity contribution in [2.75, 3.05) is 41.4 Å². The Balaban J connectivity index is 0.000000395. The predicted molar refractivity (Wildman–Crippen MR) is 411 cm³/mol. The van der Waals surface area contributed by atoms with Crippen molar-refractivity contribution in [2.45, 2.75) is 238 Å². The maximum atomic E-state index is 14.0. The Hall–Kier alpha value is -10.1. The predicted octanol–water partition coefficient (Wildman–Crippen LogP) is 7.75. The minimum Gasteiger partial charge on any atom is -0.507 e. The molecule has 28 heteroatoms. The van der Waals surface area contributed by atoms with Crippen molar-refractivity contribution in [3.8, 4) is 45.3 Å². The van der Waals surface area contributed by atoms with Crippen LogP contribution in [0.25, 0.3) is 22.3 Å². The Morgan fingerprint density at radius 3 is 1.16 bits per heavy atom. The van der Waals surface area contributed by atoms with Crippen LogP contribution in [0.1, 0.15) is 211 Å². The highest BCUT2D eigenvalue weighted by Gasteiger charge is 2.37. The van der Waals surface area contributed by atoms with Crippen LogP contribution in [-0.4, -0.2) is 209 Å². The number of unbranched alkanes of at least 4 members (excludes halogenated alkanes) is 10. The Bertz CT molecular complexity index is 3920. The summed E-state index contributed by atoms with van der Waals surface area (Å²) in [4.78, 5) is 176. The van der Waals surface area contributed by atoms with Crippen molar-refractivity contribution in [2.24, 2.45) is 11.8 Å². The number of hydrogen-bond donors (Lipinski definition) is 11. The Morgan fingerprint density at radius 2 is 0.791 bits per heavy atom. The Labute approximate surface area is 644 Å². The molecule has 0 radical (unpaired) electrons. The number of Topliss-reactive ketones (excluding diaryl/α,β-unsaturated/α-hetero) is 4. The molecule has 0 aromatic heterocycles. The monoisotopic (exact) mass is 1530 g/mol. The number of ketones is 4. The molecule has 602 valence electrons. The third-order valence-corrected chi connectivity index (χ3v) is 20.5. The van der Waals surface area contributed by atoms with Gasteiger partial charge in [-0.1, -0.05) is 116 Å². The molecule has 6 rings (SSSR count). The van der Waals surface area contributed by atoms with E-state index >= 15 is 0 Å². The number of phenols is 4. The lowest BCUT2D eigenvalue weighted by Gasteiger charge is -2.30. The van der Waals surface area contributed by atoms with Gasteiger partial charge in [-0.3, -0.25) is 57.5 Å². The summed E-state index contributed by atoms with van der Waals surface area (Å²) in [7, 11) is 5.63. The van der Waals surface area contributed by atoms with Crippen molar-refractivity contribution >= 4 is 76.4 Å². The fourth-order valence-electron chi connectivity index (χ4n) is 13.4. The number of phenolic OH excluding ortho intramolecular Hbond substituents is 4. The number of amides is 8. The number of aliphatic carboxylic acids is 1. The number of nitrogens with zero attached hydrogens (tertiary/aromatic N) is 4. The largest absolute Gasteiger partial charge is 0.507 e. The van der Waals surface area contributed by atoms with Crippen LogP contribution < -0.4 is 21.3 Å². The van der Waals surface area contributed by atoms with E-state index in [1.165, 1.54) is 131 Å². The highest BCUT2D eigenvalue weighted by molar-refractivity contribution is 5.99. The van der Waals surface area contributed by atoms with E-state index in [1.807, 2.05) is 6.92 Å². The van der Waals surface area contributed by atoms with E-state index in [1.54, 1.807) is 19.1 Å². The fourth-order valence-corrected chi connectivity index (χ4v) is 13.4. The van der Waals surface area contributed by atoms with Gasteiger partial charge in [0.15, 0.2) is 23.1 Å². The third-order valence-electron chi connectivity index (χ3n) is 20.5.